The lowest BCUT2D eigenvalue weighted by Crippen LogP contribution is -2.24. The Morgan fingerprint density at radius 1 is 0.517 bits per heavy atom. The molecule has 0 bridgehead atoms. The fourth-order valence-corrected chi connectivity index (χ4v) is 6.14. The first kappa shape index (κ1) is 21.8. The van der Waals surface area contributed by atoms with Crippen molar-refractivity contribution in [2.24, 2.45) is 0 Å². The van der Waals surface area contributed by atoms with Gasteiger partial charge in [-0.25, -0.2) is 0 Å². The smallest absolute Gasteiger partial charge is 0.0619 e. The van der Waals surface area contributed by atoms with Gasteiger partial charge in [0.2, 0.25) is 0 Å². The van der Waals surface area contributed by atoms with E-state index in [0.29, 0.717) is 0 Å². The summed E-state index contributed by atoms with van der Waals surface area (Å²) < 4.78 is 0. The van der Waals surface area contributed by atoms with E-state index in [2.05, 4.69) is 97.9 Å². The van der Waals surface area contributed by atoms with Crippen LogP contribution >= 0.6 is 8.58 Å². The fraction of sp³-hybridized carbons (Fsp3) is 0.357. The summed E-state index contributed by atoms with van der Waals surface area (Å²) in [5.74, 6) is 0. The normalized spacial score (nSPS) is 11.9. The van der Waals surface area contributed by atoms with Gasteiger partial charge < -0.3 is 0 Å². The standard InChI is InChI=1S/C28H35P/c1-2-3-4-5-6-7-17-24-29-28(25-18-11-8-12-19-25,26-20-13-9-14-21-26)27-22-15-10-16-23-27/h8-16,18-23,29H,2-7,17,24H2,1H3. The van der Waals surface area contributed by atoms with Gasteiger partial charge in [0.25, 0.3) is 0 Å². The molecule has 0 N–H and O–H groups in total. The Morgan fingerprint density at radius 2 is 0.897 bits per heavy atom. The molecule has 0 radical (unpaired) electrons. The van der Waals surface area contributed by atoms with Crippen LogP contribution in [0, 0.1) is 0 Å². The van der Waals surface area contributed by atoms with Crippen LogP contribution in [0.2, 0.25) is 0 Å². The average molecular weight is 403 g/mol. The third kappa shape index (κ3) is 5.80. The van der Waals surface area contributed by atoms with E-state index in [0.717, 1.165) is 8.58 Å². The highest BCUT2D eigenvalue weighted by Gasteiger charge is 2.35. The van der Waals surface area contributed by atoms with Crippen LogP contribution in [0.5, 0.6) is 0 Å². The van der Waals surface area contributed by atoms with Crippen molar-refractivity contribution in [3.8, 4) is 0 Å². The molecule has 0 aliphatic heterocycles. The number of hydrogen-bond acceptors (Lipinski definition) is 0. The monoisotopic (exact) mass is 402 g/mol. The third-order valence-corrected chi connectivity index (χ3v) is 7.79. The zero-order valence-corrected chi connectivity index (χ0v) is 18.8. The molecule has 0 nitrogen and oxygen atoms in total. The van der Waals surface area contributed by atoms with Crippen LogP contribution < -0.4 is 0 Å². The van der Waals surface area contributed by atoms with E-state index in [1.165, 1.54) is 67.8 Å². The molecule has 3 aromatic carbocycles. The maximum absolute atomic E-state index is 2.32. The van der Waals surface area contributed by atoms with Gasteiger partial charge in [-0.15, -0.1) is 8.58 Å². The maximum Gasteiger partial charge on any atom is 0.0619 e. The molecule has 1 atom stereocenters. The first-order chi connectivity index (χ1) is 14.4. The number of rotatable bonds is 12. The maximum atomic E-state index is 2.32. The van der Waals surface area contributed by atoms with E-state index in [1.807, 2.05) is 0 Å². The largest absolute Gasteiger partial charge is 0.101 e. The van der Waals surface area contributed by atoms with Gasteiger partial charge >= 0.3 is 0 Å². The topological polar surface area (TPSA) is 0 Å². The van der Waals surface area contributed by atoms with Crippen molar-refractivity contribution < 1.29 is 0 Å². The molecule has 3 rings (SSSR count). The molecular formula is C28H35P. The van der Waals surface area contributed by atoms with Gasteiger partial charge in [-0.3, -0.25) is 0 Å². The third-order valence-electron chi connectivity index (χ3n) is 5.79. The molecule has 3 aromatic rings. The molecule has 0 amide bonds. The van der Waals surface area contributed by atoms with Gasteiger partial charge in [0.15, 0.2) is 0 Å². The molecule has 0 aliphatic rings. The molecule has 1 heteroatoms. The van der Waals surface area contributed by atoms with Crippen molar-refractivity contribution >= 4 is 8.58 Å². The van der Waals surface area contributed by atoms with E-state index in [4.69, 9.17) is 0 Å². The highest BCUT2D eigenvalue weighted by molar-refractivity contribution is 7.40. The summed E-state index contributed by atoms with van der Waals surface area (Å²) in [5.41, 5.74) is 4.25. The number of hydrogen-bond donors (Lipinski definition) is 0. The SMILES string of the molecule is CCCCCCCCCPC(c1ccccc1)(c1ccccc1)c1ccccc1. The van der Waals surface area contributed by atoms with Crippen LogP contribution in [0.25, 0.3) is 0 Å². The highest BCUT2D eigenvalue weighted by atomic mass is 31.1. The van der Waals surface area contributed by atoms with Crippen LogP contribution in [0.3, 0.4) is 0 Å². The Labute approximate surface area is 179 Å². The number of unbranched alkanes of at least 4 members (excludes halogenated alkanes) is 6. The van der Waals surface area contributed by atoms with Gasteiger partial charge in [-0.1, -0.05) is 136 Å². The van der Waals surface area contributed by atoms with Crippen molar-refractivity contribution in [2.45, 2.75) is 57.0 Å². The molecule has 0 heterocycles. The van der Waals surface area contributed by atoms with Gasteiger partial charge in [0.1, 0.15) is 0 Å². The second kappa shape index (κ2) is 11.9. The van der Waals surface area contributed by atoms with Crippen molar-refractivity contribution in [1.82, 2.24) is 0 Å². The van der Waals surface area contributed by atoms with Crippen LogP contribution in [-0.4, -0.2) is 6.16 Å². The van der Waals surface area contributed by atoms with Gasteiger partial charge in [-0.2, -0.15) is 0 Å². The molecule has 0 saturated heterocycles. The lowest BCUT2D eigenvalue weighted by molar-refractivity contribution is 0.603. The second-order valence-electron chi connectivity index (χ2n) is 7.90. The second-order valence-corrected chi connectivity index (χ2v) is 9.50. The molecule has 0 fully saturated rings. The minimum atomic E-state index is -0.0496. The highest BCUT2D eigenvalue weighted by Crippen LogP contribution is 2.52. The minimum absolute atomic E-state index is 0.0496. The van der Waals surface area contributed by atoms with Gasteiger partial charge in [-0.05, 0) is 29.3 Å². The summed E-state index contributed by atoms with van der Waals surface area (Å²) in [6, 6.07) is 33.4. The zero-order valence-electron chi connectivity index (χ0n) is 17.8. The van der Waals surface area contributed by atoms with Crippen LogP contribution in [0.4, 0.5) is 0 Å². The predicted octanol–water partition coefficient (Wildman–Crippen LogP) is 8.41. The summed E-state index contributed by atoms with van der Waals surface area (Å²) >= 11 is 0. The first-order valence-corrected chi connectivity index (χ1v) is 12.5. The van der Waals surface area contributed by atoms with Crippen LogP contribution in [0.15, 0.2) is 91.0 Å². The van der Waals surface area contributed by atoms with Crippen molar-refractivity contribution in [3.05, 3.63) is 108 Å². The van der Waals surface area contributed by atoms with E-state index >= 15 is 0 Å². The molecular weight excluding hydrogens is 367 g/mol. The predicted molar refractivity (Wildman–Crippen MR) is 130 cm³/mol. The van der Waals surface area contributed by atoms with E-state index in [9.17, 15) is 0 Å². The fourth-order valence-electron chi connectivity index (χ4n) is 4.23. The summed E-state index contributed by atoms with van der Waals surface area (Å²) in [6.07, 6.45) is 10.9. The quantitative estimate of drug-likeness (QED) is 0.162. The molecule has 152 valence electrons. The van der Waals surface area contributed by atoms with E-state index in [1.54, 1.807) is 0 Å². The van der Waals surface area contributed by atoms with Crippen LogP contribution in [0.1, 0.15) is 68.6 Å². The summed E-state index contributed by atoms with van der Waals surface area (Å²) in [6.45, 7) is 2.29. The average Bonchev–Trinajstić information content (AvgIpc) is 2.80. The van der Waals surface area contributed by atoms with E-state index < -0.39 is 0 Å². The zero-order chi connectivity index (χ0) is 20.2. The Kier molecular flexibility index (Phi) is 8.97. The molecule has 0 saturated carbocycles. The Balaban J connectivity index is 1.83. The lowest BCUT2D eigenvalue weighted by atomic mass is 9.84. The molecule has 0 spiro atoms. The summed E-state index contributed by atoms with van der Waals surface area (Å²) in [7, 11) is 0.838. The van der Waals surface area contributed by atoms with Crippen molar-refractivity contribution in [2.75, 3.05) is 6.16 Å². The molecule has 0 aromatic heterocycles. The number of benzene rings is 3. The molecule has 29 heavy (non-hydrogen) atoms. The van der Waals surface area contributed by atoms with E-state index in [-0.39, 0.29) is 5.16 Å². The van der Waals surface area contributed by atoms with Crippen molar-refractivity contribution in [1.29, 1.82) is 0 Å². The Hall–Kier alpha value is -1.91. The van der Waals surface area contributed by atoms with Crippen LogP contribution in [-0.2, 0) is 5.16 Å². The first-order valence-electron chi connectivity index (χ1n) is 11.3. The van der Waals surface area contributed by atoms with Gasteiger partial charge in [0.05, 0.1) is 5.16 Å². The molecule has 1 unspecified atom stereocenters. The Morgan fingerprint density at radius 3 is 1.31 bits per heavy atom. The van der Waals surface area contributed by atoms with Gasteiger partial charge in [0, 0.05) is 0 Å². The summed E-state index contributed by atoms with van der Waals surface area (Å²) in [5, 5.41) is -0.0496. The summed E-state index contributed by atoms with van der Waals surface area (Å²) in [4.78, 5) is 0. The lowest BCUT2D eigenvalue weighted by Gasteiger charge is -2.36. The van der Waals surface area contributed by atoms with Crippen molar-refractivity contribution in [3.63, 3.8) is 0 Å². The minimum Gasteiger partial charge on any atom is -0.101 e. The molecule has 0 aliphatic carbocycles. The Bertz CT molecular complexity index is 699.